The summed E-state index contributed by atoms with van der Waals surface area (Å²) in [5, 5.41) is 13.9. The van der Waals surface area contributed by atoms with E-state index in [9.17, 15) is 9.59 Å². The zero-order chi connectivity index (χ0) is 18.4. The Morgan fingerprint density at radius 1 is 1.23 bits per heavy atom. The summed E-state index contributed by atoms with van der Waals surface area (Å²) < 4.78 is 1.53. The van der Waals surface area contributed by atoms with Gasteiger partial charge in [-0.3, -0.25) is 9.59 Å². The maximum Gasteiger partial charge on any atom is 0.254 e. The lowest BCUT2D eigenvalue weighted by Gasteiger charge is -2.36. The Balaban J connectivity index is 1.67. The number of aromatic nitrogens is 4. The van der Waals surface area contributed by atoms with Gasteiger partial charge in [-0.1, -0.05) is 0 Å². The number of piperidine rings is 1. The van der Waals surface area contributed by atoms with Gasteiger partial charge in [0.25, 0.3) is 5.91 Å². The van der Waals surface area contributed by atoms with Crippen LogP contribution in [0.5, 0.6) is 0 Å². The van der Waals surface area contributed by atoms with Crippen molar-refractivity contribution in [3.05, 3.63) is 36.2 Å². The van der Waals surface area contributed by atoms with Gasteiger partial charge in [0.1, 0.15) is 6.33 Å². The van der Waals surface area contributed by atoms with Crippen molar-refractivity contribution in [2.24, 2.45) is 5.73 Å². The highest BCUT2D eigenvalue weighted by molar-refractivity contribution is 5.94. The van der Waals surface area contributed by atoms with Crippen LogP contribution in [-0.4, -0.2) is 62.6 Å². The van der Waals surface area contributed by atoms with Gasteiger partial charge >= 0.3 is 0 Å². The van der Waals surface area contributed by atoms with E-state index in [1.807, 2.05) is 17.0 Å². The number of rotatable bonds is 6. The van der Waals surface area contributed by atoms with Crippen molar-refractivity contribution in [1.82, 2.24) is 30.4 Å². The Morgan fingerprint density at radius 2 is 2.04 bits per heavy atom. The van der Waals surface area contributed by atoms with Crippen molar-refractivity contribution in [1.29, 1.82) is 0 Å². The zero-order valence-corrected chi connectivity index (χ0v) is 14.5. The van der Waals surface area contributed by atoms with Gasteiger partial charge in [-0.05, 0) is 54.0 Å². The van der Waals surface area contributed by atoms with Gasteiger partial charge in [0.05, 0.1) is 5.69 Å². The molecule has 1 fully saturated rings. The highest BCUT2D eigenvalue weighted by Gasteiger charge is 2.27. The molecule has 1 aliphatic heterocycles. The van der Waals surface area contributed by atoms with E-state index in [0.29, 0.717) is 31.6 Å². The summed E-state index contributed by atoms with van der Waals surface area (Å²) in [6, 6.07) is 7.19. The van der Waals surface area contributed by atoms with E-state index in [1.165, 1.54) is 11.0 Å². The number of carbonyl (C=O) groups is 2. The van der Waals surface area contributed by atoms with Crippen molar-refractivity contribution in [2.75, 3.05) is 19.6 Å². The summed E-state index contributed by atoms with van der Waals surface area (Å²) in [5.41, 5.74) is 6.80. The highest BCUT2D eigenvalue weighted by atomic mass is 16.2. The lowest BCUT2D eigenvalue weighted by molar-refractivity contribution is -0.121. The Morgan fingerprint density at radius 3 is 2.73 bits per heavy atom. The molecule has 0 spiro atoms. The van der Waals surface area contributed by atoms with E-state index < -0.39 is 0 Å². The van der Waals surface area contributed by atoms with Crippen LogP contribution in [0.4, 0.5) is 0 Å². The van der Waals surface area contributed by atoms with Crippen LogP contribution in [0, 0.1) is 0 Å². The molecule has 0 saturated carbocycles. The first kappa shape index (κ1) is 18.0. The third kappa shape index (κ3) is 4.23. The number of nitrogens with one attached hydrogen (secondary N) is 1. The summed E-state index contributed by atoms with van der Waals surface area (Å²) in [7, 11) is 0. The largest absolute Gasteiger partial charge is 0.354 e. The second-order valence-electron chi connectivity index (χ2n) is 6.29. The van der Waals surface area contributed by atoms with Gasteiger partial charge in [0.2, 0.25) is 5.91 Å². The third-order valence-electron chi connectivity index (χ3n) is 4.52. The maximum atomic E-state index is 12.9. The molecule has 0 aliphatic carbocycles. The molecule has 0 bridgehead atoms. The Bertz CT molecular complexity index is 730. The predicted octanol–water partition coefficient (Wildman–Crippen LogP) is 0.122. The van der Waals surface area contributed by atoms with E-state index in [0.717, 1.165) is 24.9 Å². The smallest absolute Gasteiger partial charge is 0.254 e. The zero-order valence-electron chi connectivity index (χ0n) is 14.5. The number of tetrazole rings is 1. The second-order valence-corrected chi connectivity index (χ2v) is 6.29. The highest BCUT2D eigenvalue weighted by Crippen LogP contribution is 2.20. The molecular weight excluding hydrogens is 334 g/mol. The molecule has 3 rings (SSSR count). The quantitative estimate of drug-likeness (QED) is 0.758. The maximum absolute atomic E-state index is 12.9. The summed E-state index contributed by atoms with van der Waals surface area (Å²) in [4.78, 5) is 26.5. The van der Waals surface area contributed by atoms with Crippen LogP contribution in [0.1, 0.15) is 36.0 Å². The van der Waals surface area contributed by atoms with E-state index >= 15 is 0 Å². The number of nitrogens with two attached hydrogens (primary N) is 1. The number of amides is 2. The molecule has 138 valence electrons. The molecule has 0 radical (unpaired) electrons. The molecule has 1 atom stereocenters. The van der Waals surface area contributed by atoms with Crippen LogP contribution in [0.25, 0.3) is 5.69 Å². The molecule has 2 amide bonds. The van der Waals surface area contributed by atoms with Crippen molar-refractivity contribution < 1.29 is 9.59 Å². The fourth-order valence-corrected chi connectivity index (χ4v) is 3.13. The Kier molecular flexibility index (Phi) is 5.90. The molecule has 1 unspecified atom stereocenters. The summed E-state index contributed by atoms with van der Waals surface area (Å²) in [6.07, 6.45) is 4.72. The summed E-state index contributed by atoms with van der Waals surface area (Å²) >= 11 is 0. The number of likely N-dealkylation sites (tertiary alicyclic amines) is 1. The van der Waals surface area contributed by atoms with Gasteiger partial charge in [-0.2, -0.15) is 0 Å². The predicted molar refractivity (Wildman–Crippen MR) is 94.5 cm³/mol. The van der Waals surface area contributed by atoms with Crippen LogP contribution in [0.15, 0.2) is 30.6 Å². The topological polar surface area (TPSA) is 119 Å². The number of benzene rings is 1. The summed E-state index contributed by atoms with van der Waals surface area (Å²) in [5.74, 6) is -0.0951. The average molecular weight is 357 g/mol. The first-order valence-corrected chi connectivity index (χ1v) is 8.80. The molecule has 1 aromatic heterocycles. The standard InChI is InChI=1S/C17H23N7O2/c18-9-8-16(25)19-11-15-3-1-2-10-23(15)17(26)13-4-6-14(7-5-13)24-12-20-21-22-24/h4-7,12,15H,1-3,8-11,18H2,(H,19,25). The molecule has 1 saturated heterocycles. The van der Waals surface area contributed by atoms with Crippen molar-refractivity contribution >= 4 is 11.8 Å². The first-order chi connectivity index (χ1) is 12.7. The van der Waals surface area contributed by atoms with E-state index in [4.69, 9.17) is 5.73 Å². The summed E-state index contributed by atoms with van der Waals surface area (Å²) in [6.45, 7) is 1.49. The van der Waals surface area contributed by atoms with Gasteiger partial charge in [0, 0.05) is 37.7 Å². The van der Waals surface area contributed by atoms with Crippen LogP contribution in [-0.2, 0) is 4.79 Å². The molecule has 3 N–H and O–H groups in total. The van der Waals surface area contributed by atoms with Crippen molar-refractivity contribution in [2.45, 2.75) is 31.7 Å². The van der Waals surface area contributed by atoms with Crippen molar-refractivity contribution in [3.63, 3.8) is 0 Å². The lowest BCUT2D eigenvalue weighted by atomic mass is 10.0. The first-order valence-electron chi connectivity index (χ1n) is 8.80. The molecule has 2 heterocycles. The van der Waals surface area contributed by atoms with Gasteiger partial charge < -0.3 is 16.0 Å². The van der Waals surface area contributed by atoms with E-state index in [2.05, 4.69) is 20.8 Å². The number of hydrogen-bond donors (Lipinski definition) is 2. The number of hydrogen-bond acceptors (Lipinski definition) is 6. The van der Waals surface area contributed by atoms with Crippen LogP contribution in [0.3, 0.4) is 0 Å². The number of nitrogens with zero attached hydrogens (tertiary/aromatic N) is 5. The lowest BCUT2D eigenvalue weighted by Crippen LogP contribution is -2.49. The molecule has 26 heavy (non-hydrogen) atoms. The average Bonchev–Trinajstić information content (AvgIpc) is 3.21. The van der Waals surface area contributed by atoms with E-state index in [1.54, 1.807) is 12.1 Å². The Hall–Kier alpha value is -2.81. The molecule has 9 nitrogen and oxygen atoms in total. The molecule has 1 aromatic carbocycles. The fraction of sp³-hybridized carbons (Fsp3) is 0.471. The molecule has 2 aromatic rings. The number of carbonyl (C=O) groups excluding carboxylic acids is 2. The Labute approximate surface area is 151 Å². The van der Waals surface area contributed by atoms with Gasteiger partial charge in [0.15, 0.2) is 0 Å². The third-order valence-corrected chi connectivity index (χ3v) is 4.52. The molecule has 1 aliphatic rings. The fourth-order valence-electron chi connectivity index (χ4n) is 3.13. The SMILES string of the molecule is NCCC(=O)NCC1CCCCN1C(=O)c1ccc(-n2cnnn2)cc1. The normalized spacial score (nSPS) is 17.1. The van der Waals surface area contributed by atoms with Crippen LogP contribution >= 0.6 is 0 Å². The van der Waals surface area contributed by atoms with Gasteiger partial charge in [-0.25, -0.2) is 4.68 Å². The minimum Gasteiger partial charge on any atom is -0.354 e. The van der Waals surface area contributed by atoms with Crippen molar-refractivity contribution in [3.8, 4) is 5.69 Å². The van der Waals surface area contributed by atoms with E-state index in [-0.39, 0.29) is 17.9 Å². The van der Waals surface area contributed by atoms with Gasteiger partial charge in [-0.15, -0.1) is 5.10 Å². The minimum atomic E-state index is -0.0729. The molecule has 9 heteroatoms. The monoisotopic (exact) mass is 357 g/mol. The van der Waals surface area contributed by atoms with Crippen LogP contribution < -0.4 is 11.1 Å². The minimum absolute atomic E-state index is 0.0113. The molecular formula is C17H23N7O2. The van der Waals surface area contributed by atoms with Crippen LogP contribution in [0.2, 0.25) is 0 Å². The second kappa shape index (κ2) is 8.52.